The number of nitrogens with one attached hydrogen (secondary N) is 1. The van der Waals surface area contributed by atoms with Crippen LogP contribution < -0.4 is 0 Å². The molecule has 0 aliphatic carbocycles. The van der Waals surface area contributed by atoms with Gasteiger partial charge >= 0.3 is 0 Å². The molecule has 2 rings (SSSR count). The molecule has 0 fully saturated rings. The van der Waals surface area contributed by atoms with E-state index in [0.29, 0.717) is 5.69 Å². The van der Waals surface area contributed by atoms with E-state index < -0.39 is 5.91 Å². The molecule has 16 heavy (non-hydrogen) atoms. The van der Waals surface area contributed by atoms with Gasteiger partial charge in [0.25, 0.3) is 0 Å². The number of aromatic nitrogens is 3. The molecule has 0 saturated carbocycles. The van der Waals surface area contributed by atoms with Crippen molar-refractivity contribution in [3.8, 4) is 11.3 Å². The fraction of sp³-hybridized carbons (Fsp3) is 0. The van der Waals surface area contributed by atoms with Crippen molar-refractivity contribution in [3.05, 3.63) is 41.7 Å². The van der Waals surface area contributed by atoms with Gasteiger partial charge in [0.15, 0.2) is 0 Å². The van der Waals surface area contributed by atoms with Crippen molar-refractivity contribution in [1.29, 1.82) is 0 Å². The normalized spacial score (nSPS) is 9.50. The highest BCUT2D eigenvalue weighted by atomic mass is 16.1. The average molecular weight is 212 g/mol. The second kappa shape index (κ2) is 4.29. The van der Waals surface area contributed by atoms with Gasteiger partial charge in [0.05, 0.1) is 5.69 Å². The van der Waals surface area contributed by atoms with E-state index in [1.54, 1.807) is 30.6 Å². The zero-order valence-electron chi connectivity index (χ0n) is 8.08. The summed E-state index contributed by atoms with van der Waals surface area (Å²) in [5.41, 5.74) is 1.63. The van der Waals surface area contributed by atoms with Crippen LogP contribution in [0, 0.1) is 0 Å². The number of carbonyl (C=O) groups excluding carboxylic acids is 1. The Bertz CT molecular complexity index is 554. The molecule has 6 heteroatoms. The number of aromatic amines is 1. The summed E-state index contributed by atoms with van der Waals surface area (Å²) < 4.78 is 0. The molecule has 6 nitrogen and oxygen atoms in total. The van der Waals surface area contributed by atoms with Gasteiger partial charge in [-0.25, -0.2) is 0 Å². The lowest BCUT2D eigenvalue weighted by atomic mass is 10.2. The first-order valence-electron chi connectivity index (χ1n) is 4.41. The zero-order valence-corrected chi connectivity index (χ0v) is 8.08. The molecular weight excluding hydrogens is 206 g/mol. The number of rotatable bonds is 2. The number of hydrogen-bond donors (Lipinski definition) is 1. The van der Waals surface area contributed by atoms with Gasteiger partial charge in [-0.05, 0) is 18.2 Å². The first-order chi connectivity index (χ1) is 7.81. The fourth-order valence-electron chi connectivity index (χ4n) is 1.21. The fourth-order valence-corrected chi connectivity index (χ4v) is 1.21. The monoisotopic (exact) mass is 212 g/mol. The van der Waals surface area contributed by atoms with Crippen LogP contribution in [0.25, 0.3) is 16.7 Å². The van der Waals surface area contributed by atoms with E-state index in [4.69, 9.17) is 5.41 Å². The summed E-state index contributed by atoms with van der Waals surface area (Å²) >= 11 is 0. The van der Waals surface area contributed by atoms with Gasteiger partial charge < -0.3 is 10.4 Å². The van der Waals surface area contributed by atoms with Gasteiger partial charge in [0, 0.05) is 18.0 Å². The molecule has 0 aliphatic rings. The molecule has 1 N–H and O–H groups in total. The molecule has 0 radical (unpaired) electrons. The Morgan fingerprint density at radius 1 is 1.44 bits per heavy atom. The smallest absolute Gasteiger partial charge is 0.202 e. The van der Waals surface area contributed by atoms with E-state index in [1.807, 2.05) is 0 Å². The van der Waals surface area contributed by atoms with E-state index in [1.165, 1.54) is 6.01 Å². The number of nitrogens with zero attached hydrogens (tertiary/aromatic N) is 4. The third-order valence-electron chi connectivity index (χ3n) is 1.94. The van der Waals surface area contributed by atoms with Crippen molar-refractivity contribution >= 4 is 11.9 Å². The number of amides is 1. The van der Waals surface area contributed by atoms with Crippen LogP contribution in [0.15, 0.2) is 35.6 Å². The van der Waals surface area contributed by atoms with Crippen molar-refractivity contribution < 1.29 is 4.79 Å². The van der Waals surface area contributed by atoms with Crippen LogP contribution in [0.2, 0.25) is 0 Å². The average Bonchev–Trinajstić information content (AvgIpc) is 2.80. The van der Waals surface area contributed by atoms with Crippen molar-refractivity contribution in [2.24, 2.45) is 4.99 Å². The number of hydrogen-bond acceptors (Lipinski definition) is 3. The highest BCUT2D eigenvalue weighted by Gasteiger charge is 2.05. The van der Waals surface area contributed by atoms with Crippen molar-refractivity contribution in [1.82, 2.24) is 15.2 Å². The summed E-state index contributed by atoms with van der Waals surface area (Å²) in [6.45, 7) is 0. The third-order valence-corrected chi connectivity index (χ3v) is 1.94. The van der Waals surface area contributed by atoms with E-state index in [2.05, 4.69) is 20.2 Å². The summed E-state index contributed by atoms with van der Waals surface area (Å²) in [5.74, 6) is -0.629. The molecule has 2 heterocycles. The second-order valence-electron chi connectivity index (χ2n) is 2.92. The Labute approximate surface area is 90.6 Å². The predicted octanol–water partition coefficient (Wildman–Crippen LogP) is 1.36. The molecular formula is C10H6N5O-. The van der Waals surface area contributed by atoms with Crippen molar-refractivity contribution in [3.63, 3.8) is 0 Å². The minimum atomic E-state index is -0.629. The van der Waals surface area contributed by atoms with Crippen LogP contribution in [0.1, 0.15) is 10.5 Å². The summed E-state index contributed by atoms with van der Waals surface area (Å²) in [6, 6.07) is 6.51. The van der Waals surface area contributed by atoms with Crippen LogP contribution >= 0.6 is 0 Å². The Balaban J connectivity index is 2.33. The molecule has 0 unspecified atom stereocenters. The number of H-pyrrole nitrogens is 1. The molecule has 0 atom stereocenters. The SMILES string of the molecule is [N-]=C=NC(=O)c1cc(-c2ccncc2)n[nH]1. The summed E-state index contributed by atoms with van der Waals surface area (Å²) in [5, 5.41) is 14.7. The largest absolute Gasteiger partial charge is 0.422 e. The topological polar surface area (TPSA) is 93.3 Å². The summed E-state index contributed by atoms with van der Waals surface area (Å²) in [7, 11) is 0. The summed E-state index contributed by atoms with van der Waals surface area (Å²) in [4.78, 5) is 18.2. The van der Waals surface area contributed by atoms with Gasteiger partial charge in [-0.3, -0.25) is 14.9 Å². The van der Waals surface area contributed by atoms with Crippen LogP contribution in [-0.4, -0.2) is 27.1 Å². The lowest BCUT2D eigenvalue weighted by molar-refractivity contribution is 0.0999. The van der Waals surface area contributed by atoms with Gasteiger partial charge in [-0.1, -0.05) is 0 Å². The standard InChI is InChI=1S/C10H6N5O/c11-6-13-10(16)9-5-8(14-15-9)7-1-3-12-4-2-7/h1-5H,(H,14,15)/q-1. The molecule has 0 bridgehead atoms. The maximum absolute atomic E-state index is 11.2. The summed E-state index contributed by atoms with van der Waals surface area (Å²) in [6.07, 6.45) is 3.26. The first kappa shape index (κ1) is 9.95. The van der Waals surface area contributed by atoms with Gasteiger partial charge in [0.2, 0.25) is 5.91 Å². The van der Waals surface area contributed by atoms with Gasteiger partial charge in [0.1, 0.15) is 5.69 Å². The quantitative estimate of drug-likeness (QED) is 0.761. The molecule has 1 amide bonds. The number of aliphatic imine (C=N–C) groups is 1. The lowest BCUT2D eigenvalue weighted by Crippen LogP contribution is -1.93. The highest BCUT2D eigenvalue weighted by molar-refractivity contribution is 5.97. The lowest BCUT2D eigenvalue weighted by Gasteiger charge is -1.92. The highest BCUT2D eigenvalue weighted by Crippen LogP contribution is 2.16. The Hall–Kier alpha value is -2.59. The number of carbonyl (C=O) groups is 1. The molecule has 0 spiro atoms. The van der Waals surface area contributed by atoms with Crippen LogP contribution in [0.4, 0.5) is 0 Å². The van der Waals surface area contributed by atoms with E-state index in [-0.39, 0.29) is 5.69 Å². The molecule has 0 aliphatic heterocycles. The second-order valence-corrected chi connectivity index (χ2v) is 2.92. The molecule has 78 valence electrons. The Kier molecular flexibility index (Phi) is 2.67. The first-order valence-corrected chi connectivity index (χ1v) is 4.41. The molecule has 2 aromatic rings. The van der Waals surface area contributed by atoms with Crippen molar-refractivity contribution in [2.75, 3.05) is 0 Å². The van der Waals surface area contributed by atoms with E-state index in [9.17, 15) is 4.79 Å². The Morgan fingerprint density at radius 2 is 2.19 bits per heavy atom. The third kappa shape index (κ3) is 1.92. The van der Waals surface area contributed by atoms with Crippen LogP contribution in [0.3, 0.4) is 0 Å². The van der Waals surface area contributed by atoms with Crippen molar-refractivity contribution in [2.45, 2.75) is 0 Å². The maximum atomic E-state index is 11.2. The van der Waals surface area contributed by atoms with E-state index >= 15 is 0 Å². The maximum Gasteiger partial charge on any atom is 0.202 e. The van der Waals surface area contributed by atoms with Gasteiger partial charge in [-0.15, -0.1) is 6.01 Å². The van der Waals surface area contributed by atoms with Crippen LogP contribution in [-0.2, 0) is 0 Å². The molecule has 0 saturated heterocycles. The van der Waals surface area contributed by atoms with Gasteiger partial charge in [-0.2, -0.15) is 5.10 Å². The minimum absolute atomic E-state index is 0.188. The number of pyridine rings is 1. The van der Waals surface area contributed by atoms with Crippen LogP contribution in [0.5, 0.6) is 0 Å². The van der Waals surface area contributed by atoms with E-state index in [0.717, 1.165) is 5.56 Å². The minimum Gasteiger partial charge on any atom is -0.422 e. The predicted molar refractivity (Wildman–Crippen MR) is 56.9 cm³/mol. The zero-order chi connectivity index (χ0) is 11.4. The Morgan fingerprint density at radius 3 is 2.88 bits per heavy atom. The molecule has 2 aromatic heterocycles. The molecule has 0 aromatic carbocycles.